The lowest BCUT2D eigenvalue weighted by Crippen LogP contribution is -2.27. The van der Waals surface area contributed by atoms with Crippen molar-refractivity contribution in [2.75, 3.05) is 0 Å². The second-order valence-electron chi connectivity index (χ2n) is 8.95. The summed E-state index contributed by atoms with van der Waals surface area (Å²) in [4.78, 5) is 17.1. The number of unbranched alkanes of at least 4 members (excludes halogenated alkanes) is 1. The van der Waals surface area contributed by atoms with Gasteiger partial charge in [0.1, 0.15) is 17.1 Å². The van der Waals surface area contributed by atoms with Crippen molar-refractivity contribution < 1.29 is 15.0 Å². The molecule has 0 aliphatic rings. The Balaban J connectivity index is 1.72. The van der Waals surface area contributed by atoms with E-state index in [0.29, 0.717) is 37.5 Å². The molecule has 0 saturated carbocycles. The van der Waals surface area contributed by atoms with E-state index in [1.165, 1.54) is 0 Å². The van der Waals surface area contributed by atoms with E-state index in [2.05, 4.69) is 27.5 Å². The van der Waals surface area contributed by atoms with Crippen LogP contribution in [0.2, 0.25) is 0 Å². The van der Waals surface area contributed by atoms with Crippen LogP contribution in [-0.4, -0.2) is 46.4 Å². The number of carboxylic acids is 1. The molecule has 0 amide bonds. The first kappa shape index (κ1) is 25.2. The van der Waals surface area contributed by atoms with Crippen LogP contribution in [0.1, 0.15) is 74.0 Å². The molecule has 0 bridgehead atoms. The van der Waals surface area contributed by atoms with Crippen LogP contribution < -0.4 is 0 Å². The molecule has 4 aromatic rings. The minimum absolute atomic E-state index is 0.0690. The SMILES string of the molecule is CCCCc1nc(C(O)(CC)CC)c(C(=O)O)n1Cc1ccc(-c2ccccc2-c2nnn[nH]2)cc1. The summed E-state index contributed by atoms with van der Waals surface area (Å²) in [5.41, 5.74) is 2.87. The van der Waals surface area contributed by atoms with Crippen LogP contribution in [0.4, 0.5) is 0 Å². The summed E-state index contributed by atoms with van der Waals surface area (Å²) >= 11 is 0. The fourth-order valence-corrected chi connectivity index (χ4v) is 4.51. The largest absolute Gasteiger partial charge is 0.477 e. The molecule has 0 fully saturated rings. The molecule has 0 unspecified atom stereocenters. The normalized spacial score (nSPS) is 11.7. The van der Waals surface area contributed by atoms with Crippen molar-refractivity contribution >= 4 is 5.97 Å². The number of H-pyrrole nitrogens is 1. The number of nitrogens with one attached hydrogen (secondary N) is 1. The average molecular weight is 489 g/mol. The number of carboxylic acid groups (broad SMARTS) is 1. The Labute approximate surface area is 210 Å². The lowest BCUT2D eigenvalue weighted by molar-refractivity contribution is 0.0218. The second kappa shape index (κ2) is 10.8. The Hall–Kier alpha value is -3.85. The standard InChI is InChI=1S/C27H32N6O3/c1-4-7-12-22-28-24(27(36,5-2)6-3)23(26(34)35)33(22)17-18-13-15-19(16-14-18)20-10-8-9-11-21(20)25-29-31-32-30-25/h8-11,13-16,36H,4-7,12,17H2,1-3H3,(H,34,35)(H,29,30,31,32). The van der Waals surface area contributed by atoms with E-state index >= 15 is 0 Å². The summed E-state index contributed by atoms with van der Waals surface area (Å²) in [7, 11) is 0. The molecule has 36 heavy (non-hydrogen) atoms. The van der Waals surface area contributed by atoms with E-state index in [9.17, 15) is 15.0 Å². The zero-order valence-electron chi connectivity index (χ0n) is 20.9. The predicted molar refractivity (Wildman–Crippen MR) is 136 cm³/mol. The first-order valence-corrected chi connectivity index (χ1v) is 12.4. The molecule has 0 spiro atoms. The lowest BCUT2D eigenvalue weighted by atomic mass is 9.92. The highest BCUT2D eigenvalue weighted by molar-refractivity contribution is 5.87. The number of aromatic nitrogens is 6. The van der Waals surface area contributed by atoms with Crippen LogP contribution >= 0.6 is 0 Å². The Morgan fingerprint density at radius 1 is 1.03 bits per heavy atom. The number of nitrogens with zero attached hydrogens (tertiary/aromatic N) is 5. The van der Waals surface area contributed by atoms with Crippen LogP contribution in [0.15, 0.2) is 48.5 Å². The number of aryl methyl sites for hydroxylation is 1. The molecule has 2 heterocycles. The molecule has 9 heteroatoms. The number of carbonyl (C=O) groups is 1. The third-order valence-corrected chi connectivity index (χ3v) is 6.75. The second-order valence-corrected chi connectivity index (χ2v) is 8.95. The molecule has 0 atom stereocenters. The van der Waals surface area contributed by atoms with Gasteiger partial charge in [0.25, 0.3) is 0 Å². The van der Waals surface area contributed by atoms with Gasteiger partial charge in [0.15, 0.2) is 11.5 Å². The van der Waals surface area contributed by atoms with Crippen LogP contribution in [0.5, 0.6) is 0 Å². The third kappa shape index (κ3) is 4.92. The zero-order valence-corrected chi connectivity index (χ0v) is 20.9. The molecule has 2 aromatic heterocycles. The molecular formula is C27H32N6O3. The number of aromatic carboxylic acids is 1. The van der Waals surface area contributed by atoms with Gasteiger partial charge in [-0.1, -0.05) is 75.7 Å². The van der Waals surface area contributed by atoms with Crippen molar-refractivity contribution in [2.24, 2.45) is 0 Å². The van der Waals surface area contributed by atoms with Crippen LogP contribution in [-0.2, 0) is 18.6 Å². The first-order chi connectivity index (χ1) is 17.4. The van der Waals surface area contributed by atoms with E-state index in [4.69, 9.17) is 4.98 Å². The van der Waals surface area contributed by atoms with Crippen molar-refractivity contribution in [3.05, 3.63) is 71.3 Å². The number of benzene rings is 2. The first-order valence-electron chi connectivity index (χ1n) is 12.4. The highest BCUT2D eigenvalue weighted by Crippen LogP contribution is 2.33. The van der Waals surface area contributed by atoms with Crippen LogP contribution in [0.25, 0.3) is 22.5 Å². The molecule has 0 saturated heterocycles. The van der Waals surface area contributed by atoms with Gasteiger partial charge in [0, 0.05) is 18.5 Å². The van der Waals surface area contributed by atoms with Gasteiger partial charge in [-0.15, -0.1) is 5.10 Å². The summed E-state index contributed by atoms with van der Waals surface area (Å²) in [5.74, 6) is 0.204. The highest BCUT2D eigenvalue weighted by Gasteiger charge is 2.36. The van der Waals surface area contributed by atoms with Crippen LogP contribution in [0, 0.1) is 0 Å². The maximum absolute atomic E-state index is 12.4. The fourth-order valence-electron chi connectivity index (χ4n) is 4.51. The zero-order chi connectivity index (χ0) is 25.7. The number of rotatable bonds is 11. The number of aromatic amines is 1. The molecular weight excluding hydrogens is 456 g/mol. The number of imidazole rings is 1. The van der Waals surface area contributed by atoms with Crippen molar-refractivity contribution in [1.29, 1.82) is 0 Å². The smallest absolute Gasteiger partial charge is 0.354 e. The van der Waals surface area contributed by atoms with E-state index in [0.717, 1.165) is 35.1 Å². The summed E-state index contributed by atoms with van der Waals surface area (Å²) in [5, 5.41) is 35.5. The topological polar surface area (TPSA) is 130 Å². The lowest BCUT2D eigenvalue weighted by Gasteiger charge is -2.24. The number of hydrogen-bond donors (Lipinski definition) is 3. The van der Waals surface area contributed by atoms with E-state index in [1.54, 1.807) is 4.57 Å². The molecule has 3 N–H and O–H groups in total. The van der Waals surface area contributed by atoms with Crippen molar-refractivity contribution in [1.82, 2.24) is 30.2 Å². The number of aliphatic hydroxyl groups is 1. The molecule has 9 nitrogen and oxygen atoms in total. The minimum Gasteiger partial charge on any atom is -0.477 e. The Bertz CT molecular complexity index is 1310. The fraction of sp³-hybridized carbons (Fsp3) is 0.370. The van der Waals surface area contributed by atoms with Gasteiger partial charge in [0.2, 0.25) is 0 Å². The highest BCUT2D eigenvalue weighted by atomic mass is 16.4. The van der Waals surface area contributed by atoms with Crippen molar-refractivity contribution in [3.8, 4) is 22.5 Å². The van der Waals surface area contributed by atoms with E-state index in [-0.39, 0.29) is 11.4 Å². The average Bonchev–Trinajstić information content (AvgIpc) is 3.56. The number of hydrogen-bond acceptors (Lipinski definition) is 6. The Kier molecular flexibility index (Phi) is 7.59. The summed E-state index contributed by atoms with van der Waals surface area (Å²) in [6.07, 6.45) is 3.28. The molecule has 2 aromatic carbocycles. The summed E-state index contributed by atoms with van der Waals surface area (Å²) in [6.45, 7) is 6.15. The van der Waals surface area contributed by atoms with Gasteiger partial charge in [-0.25, -0.2) is 14.9 Å². The summed E-state index contributed by atoms with van der Waals surface area (Å²) in [6, 6.07) is 15.9. The predicted octanol–water partition coefficient (Wildman–Crippen LogP) is 4.83. The van der Waals surface area contributed by atoms with Gasteiger partial charge < -0.3 is 14.8 Å². The minimum atomic E-state index is -1.27. The van der Waals surface area contributed by atoms with Crippen molar-refractivity contribution in [3.63, 3.8) is 0 Å². The van der Waals surface area contributed by atoms with Crippen LogP contribution in [0.3, 0.4) is 0 Å². The quantitative estimate of drug-likeness (QED) is 0.276. The van der Waals surface area contributed by atoms with Gasteiger partial charge in [0.05, 0.1) is 0 Å². The van der Waals surface area contributed by atoms with Gasteiger partial charge in [-0.3, -0.25) is 0 Å². The maximum Gasteiger partial charge on any atom is 0.354 e. The molecule has 0 radical (unpaired) electrons. The van der Waals surface area contributed by atoms with Gasteiger partial charge >= 0.3 is 5.97 Å². The monoisotopic (exact) mass is 488 g/mol. The Morgan fingerprint density at radius 3 is 2.31 bits per heavy atom. The maximum atomic E-state index is 12.4. The van der Waals surface area contributed by atoms with E-state index < -0.39 is 11.6 Å². The Morgan fingerprint density at radius 2 is 1.72 bits per heavy atom. The molecule has 188 valence electrons. The van der Waals surface area contributed by atoms with E-state index in [1.807, 2.05) is 62.4 Å². The van der Waals surface area contributed by atoms with Crippen molar-refractivity contribution in [2.45, 2.75) is 65.0 Å². The molecule has 4 rings (SSSR count). The molecule has 0 aliphatic carbocycles. The van der Waals surface area contributed by atoms with Gasteiger partial charge in [-0.2, -0.15) is 0 Å². The third-order valence-electron chi connectivity index (χ3n) is 6.75. The van der Waals surface area contributed by atoms with Gasteiger partial charge in [-0.05, 0) is 46.4 Å². The summed E-state index contributed by atoms with van der Waals surface area (Å²) < 4.78 is 1.76. The molecule has 0 aliphatic heterocycles. The number of tetrazole rings is 1.